The maximum Gasteiger partial charge on any atom is 0.303 e. The van der Waals surface area contributed by atoms with E-state index in [0.717, 1.165) is 16.8 Å². The Kier molecular flexibility index (Phi) is 4.92. The van der Waals surface area contributed by atoms with Crippen molar-refractivity contribution in [2.75, 3.05) is 6.79 Å². The van der Waals surface area contributed by atoms with Gasteiger partial charge in [-0.1, -0.05) is 29.8 Å². The van der Waals surface area contributed by atoms with E-state index in [1.807, 2.05) is 24.3 Å². The number of nitrogens with zero attached hydrogens (tertiary/aromatic N) is 2. The van der Waals surface area contributed by atoms with Gasteiger partial charge >= 0.3 is 5.97 Å². The third-order valence-corrected chi connectivity index (χ3v) is 4.93. The van der Waals surface area contributed by atoms with E-state index in [2.05, 4.69) is 5.10 Å². The van der Waals surface area contributed by atoms with Gasteiger partial charge in [-0.05, 0) is 35.4 Å². The lowest BCUT2D eigenvalue weighted by Crippen LogP contribution is -2.27. The van der Waals surface area contributed by atoms with Crippen LogP contribution in [0.5, 0.6) is 11.5 Å². The van der Waals surface area contributed by atoms with Gasteiger partial charge in [0.05, 0.1) is 18.2 Å². The normalized spacial score (nSPS) is 17.5. The molecule has 2 aromatic carbocycles. The summed E-state index contributed by atoms with van der Waals surface area (Å²) in [5.41, 5.74) is 2.45. The second-order valence-corrected chi connectivity index (χ2v) is 6.95. The molecule has 0 saturated carbocycles. The Morgan fingerprint density at radius 1 is 1.11 bits per heavy atom. The summed E-state index contributed by atoms with van der Waals surface area (Å²) in [4.78, 5) is 23.5. The fourth-order valence-electron chi connectivity index (χ4n) is 3.27. The number of benzene rings is 2. The zero-order chi connectivity index (χ0) is 19.7. The van der Waals surface area contributed by atoms with E-state index < -0.39 is 5.97 Å². The molecule has 8 heteroatoms. The van der Waals surface area contributed by atoms with E-state index in [1.165, 1.54) is 5.01 Å². The number of carboxylic acids is 1. The zero-order valence-electron chi connectivity index (χ0n) is 14.8. The molecule has 0 fully saturated rings. The molecule has 0 spiro atoms. The quantitative estimate of drug-likeness (QED) is 0.828. The van der Waals surface area contributed by atoms with Gasteiger partial charge in [-0.15, -0.1) is 0 Å². The molecule has 2 aliphatic heterocycles. The summed E-state index contributed by atoms with van der Waals surface area (Å²) >= 11 is 5.96. The van der Waals surface area contributed by atoms with Crippen LogP contribution in [0, 0.1) is 0 Å². The monoisotopic (exact) mass is 400 g/mol. The molecule has 2 aromatic rings. The maximum atomic E-state index is 12.7. The number of fused-ring (bicyclic) bond motifs is 1. The van der Waals surface area contributed by atoms with Gasteiger partial charge in [0.25, 0.3) is 0 Å². The molecule has 1 unspecified atom stereocenters. The van der Waals surface area contributed by atoms with Crippen LogP contribution in [0.3, 0.4) is 0 Å². The number of carbonyl (C=O) groups excluding carboxylic acids is 1. The highest BCUT2D eigenvalue weighted by Gasteiger charge is 2.34. The largest absolute Gasteiger partial charge is 0.481 e. The van der Waals surface area contributed by atoms with E-state index in [4.69, 9.17) is 26.2 Å². The molecular formula is C20H17ClN2O5. The summed E-state index contributed by atoms with van der Waals surface area (Å²) in [6, 6.07) is 12.4. The first kappa shape index (κ1) is 18.3. The minimum atomic E-state index is -1.02. The van der Waals surface area contributed by atoms with Gasteiger partial charge in [0.2, 0.25) is 12.7 Å². The molecule has 1 N–H and O–H groups in total. The van der Waals surface area contributed by atoms with Gasteiger partial charge < -0.3 is 14.6 Å². The number of ether oxygens (including phenoxy) is 2. The van der Waals surface area contributed by atoms with E-state index in [9.17, 15) is 9.59 Å². The fraction of sp³-hybridized carbons (Fsp3) is 0.250. The van der Waals surface area contributed by atoms with Gasteiger partial charge in [0.1, 0.15) is 0 Å². The predicted molar refractivity (Wildman–Crippen MR) is 102 cm³/mol. The van der Waals surface area contributed by atoms with Gasteiger partial charge in [-0.25, -0.2) is 5.01 Å². The lowest BCUT2D eigenvalue weighted by atomic mass is 9.98. The summed E-state index contributed by atoms with van der Waals surface area (Å²) in [5.74, 6) is -0.0807. The molecule has 1 amide bonds. The Labute approximate surface area is 166 Å². The van der Waals surface area contributed by atoms with E-state index in [0.29, 0.717) is 22.9 Å². The highest BCUT2D eigenvalue weighted by Crippen LogP contribution is 2.39. The van der Waals surface area contributed by atoms with Crippen LogP contribution < -0.4 is 9.47 Å². The summed E-state index contributed by atoms with van der Waals surface area (Å²) < 4.78 is 10.8. The number of rotatable bonds is 5. The first-order valence-electron chi connectivity index (χ1n) is 8.78. The smallest absolute Gasteiger partial charge is 0.303 e. The standard InChI is InChI=1S/C20H17ClN2O5/c21-14-4-1-12(2-5-14)15-10-16(23(22-15)19(24)7-8-20(25)26)13-3-6-17-18(9-13)28-11-27-17/h1-6,9,16H,7-8,10-11H2,(H,25,26). The number of aliphatic carboxylic acids is 1. The molecule has 0 saturated heterocycles. The van der Waals surface area contributed by atoms with Gasteiger partial charge in [0, 0.05) is 17.9 Å². The average Bonchev–Trinajstić information content (AvgIpc) is 3.33. The third-order valence-electron chi connectivity index (χ3n) is 4.68. The van der Waals surface area contributed by atoms with Crippen molar-refractivity contribution >= 4 is 29.2 Å². The van der Waals surface area contributed by atoms with Crippen LogP contribution >= 0.6 is 11.6 Å². The Bertz CT molecular complexity index is 958. The second-order valence-electron chi connectivity index (χ2n) is 6.52. The first-order chi connectivity index (χ1) is 13.5. The number of amides is 1. The summed E-state index contributed by atoms with van der Waals surface area (Å²) in [6.45, 7) is 0.164. The van der Waals surface area contributed by atoms with Crippen molar-refractivity contribution in [3.8, 4) is 11.5 Å². The Balaban J connectivity index is 1.64. The van der Waals surface area contributed by atoms with Crippen molar-refractivity contribution in [1.29, 1.82) is 0 Å². The SMILES string of the molecule is O=C(O)CCC(=O)N1N=C(c2ccc(Cl)cc2)CC1c1ccc2c(c1)OCO2. The molecule has 2 heterocycles. The van der Waals surface area contributed by atoms with Crippen molar-refractivity contribution in [1.82, 2.24) is 5.01 Å². The fourth-order valence-corrected chi connectivity index (χ4v) is 3.39. The number of carbonyl (C=O) groups is 2. The summed E-state index contributed by atoms with van der Waals surface area (Å²) in [5, 5.41) is 15.4. The summed E-state index contributed by atoms with van der Waals surface area (Å²) in [7, 11) is 0. The molecule has 0 radical (unpaired) electrons. The molecule has 28 heavy (non-hydrogen) atoms. The first-order valence-corrected chi connectivity index (χ1v) is 9.16. The number of hydrazone groups is 1. The number of carboxylic acid groups (broad SMARTS) is 1. The molecule has 144 valence electrons. The Hall–Kier alpha value is -3.06. The molecule has 4 rings (SSSR count). The van der Waals surface area contributed by atoms with Crippen molar-refractivity contribution in [3.63, 3.8) is 0 Å². The third kappa shape index (κ3) is 3.66. The van der Waals surface area contributed by atoms with Crippen LogP contribution in [-0.2, 0) is 9.59 Å². The van der Waals surface area contributed by atoms with Gasteiger partial charge in [-0.2, -0.15) is 5.10 Å². The van der Waals surface area contributed by atoms with Crippen LogP contribution in [0.1, 0.15) is 36.4 Å². The summed E-state index contributed by atoms with van der Waals surface area (Å²) in [6.07, 6.45) is 0.142. The van der Waals surface area contributed by atoms with Crippen LogP contribution in [0.4, 0.5) is 0 Å². The lowest BCUT2D eigenvalue weighted by molar-refractivity contribution is -0.141. The molecule has 7 nitrogen and oxygen atoms in total. The van der Waals surface area contributed by atoms with Crippen molar-refractivity contribution in [2.45, 2.75) is 25.3 Å². The van der Waals surface area contributed by atoms with E-state index in [1.54, 1.807) is 18.2 Å². The maximum absolute atomic E-state index is 12.7. The molecule has 0 aliphatic carbocycles. The highest BCUT2D eigenvalue weighted by molar-refractivity contribution is 6.30. The van der Waals surface area contributed by atoms with Crippen LogP contribution in [0.25, 0.3) is 0 Å². The van der Waals surface area contributed by atoms with Crippen LogP contribution in [0.15, 0.2) is 47.6 Å². The number of hydrogen-bond donors (Lipinski definition) is 1. The van der Waals surface area contributed by atoms with Crippen LogP contribution in [0.2, 0.25) is 5.02 Å². The van der Waals surface area contributed by atoms with Crippen molar-refractivity contribution < 1.29 is 24.2 Å². The zero-order valence-corrected chi connectivity index (χ0v) is 15.6. The molecular weight excluding hydrogens is 384 g/mol. The second kappa shape index (κ2) is 7.52. The van der Waals surface area contributed by atoms with Crippen LogP contribution in [-0.4, -0.2) is 34.5 Å². The minimum Gasteiger partial charge on any atom is -0.481 e. The topological polar surface area (TPSA) is 88.4 Å². The predicted octanol–water partition coefficient (Wildman–Crippen LogP) is 3.61. The highest BCUT2D eigenvalue weighted by atomic mass is 35.5. The minimum absolute atomic E-state index is 0.117. The molecule has 2 aliphatic rings. The average molecular weight is 401 g/mol. The van der Waals surface area contributed by atoms with E-state index in [-0.39, 0.29) is 31.6 Å². The number of halogens is 1. The molecule has 0 aromatic heterocycles. The molecule has 1 atom stereocenters. The molecule has 0 bridgehead atoms. The van der Waals surface area contributed by atoms with Gasteiger partial charge in [-0.3, -0.25) is 9.59 Å². The van der Waals surface area contributed by atoms with Crippen molar-refractivity contribution in [2.24, 2.45) is 5.10 Å². The number of hydrogen-bond acceptors (Lipinski definition) is 5. The lowest BCUT2D eigenvalue weighted by Gasteiger charge is -2.22. The van der Waals surface area contributed by atoms with Gasteiger partial charge in [0.15, 0.2) is 11.5 Å². The van der Waals surface area contributed by atoms with Crippen molar-refractivity contribution in [3.05, 3.63) is 58.6 Å². The Morgan fingerprint density at radius 2 is 1.86 bits per heavy atom. The van der Waals surface area contributed by atoms with E-state index >= 15 is 0 Å². The Morgan fingerprint density at radius 3 is 2.61 bits per heavy atom.